The van der Waals surface area contributed by atoms with Gasteiger partial charge in [-0.15, -0.1) is 0 Å². The molecular formula is C12H15Cl2NO2. The van der Waals surface area contributed by atoms with E-state index in [0.29, 0.717) is 28.4 Å². The largest absolute Gasteiger partial charge is 0.492 e. The van der Waals surface area contributed by atoms with Crippen LogP contribution in [0.15, 0.2) is 18.2 Å². The fraction of sp³-hybridized carbons (Fsp3) is 0.500. The Morgan fingerprint density at radius 1 is 1.41 bits per heavy atom. The molecule has 0 aromatic heterocycles. The van der Waals surface area contributed by atoms with Crippen LogP contribution in [0.4, 0.5) is 0 Å². The average molecular weight is 276 g/mol. The predicted octanol–water partition coefficient (Wildman–Crippen LogP) is 2.75. The van der Waals surface area contributed by atoms with Crippen molar-refractivity contribution < 1.29 is 9.47 Å². The van der Waals surface area contributed by atoms with E-state index in [9.17, 15) is 0 Å². The summed E-state index contributed by atoms with van der Waals surface area (Å²) in [6.07, 6.45) is 0.892. The number of halogens is 2. The smallest absolute Gasteiger partial charge is 0.139 e. The van der Waals surface area contributed by atoms with Gasteiger partial charge in [0, 0.05) is 12.6 Å². The van der Waals surface area contributed by atoms with Crippen molar-refractivity contribution in [1.82, 2.24) is 5.32 Å². The quantitative estimate of drug-likeness (QED) is 0.917. The Balaban J connectivity index is 1.79. The molecule has 3 nitrogen and oxygen atoms in total. The maximum Gasteiger partial charge on any atom is 0.139 e. The van der Waals surface area contributed by atoms with E-state index in [-0.39, 0.29) is 0 Å². The van der Waals surface area contributed by atoms with Gasteiger partial charge in [0.25, 0.3) is 0 Å². The molecule has 1 unspecified atom stereocenters. The minimum atomic E-state index is 0.363. The average Bonchev–Trinajstić information content (AvgIpc) is 2.36. The van der Waals surface area contributed by atoms with Crippen molar-refractivity contribution in [1.29, 1.82) is 0 Å². The zero-order valence-corrected chi connectivity index (χ0v) is 10.9. The third-order valence-electron chi connectivity index (χ3n) is 2.64. The lowest BCUT2D eigenvalue weighted by Crippen LogP contribution is -2.41. The summed E-state index contributed by atoms with van der Waals surface area (Å²) in [4.78, 5) is 0. The second kappa shape index (κ2) is 6.45. The molecule has 1 heterocycles. The Morgan fingerprint density at radius 2 is 2.29 bits per heavy atom. The number of hydrogen-bond donors (Lipinski definition) is 1. The van der Waals surface area contributed by atoms with Crippen LogP contribution in [0.2, 0.25) is 10.0 Å². The molecule has 17 heavy (non-hydrogen) atoms. The monoisotopic (exact) mass is 275 g/mol. The molecule has 1 N–H and O–H groups in total. The van der Waals surface area contributed by atoms with Crippen LogP contribution in [0.3, 0.4) is 0 Å². The summed E-state index contributed by atoms with van der Waals surface area (Å²) in [5, 5.41) is 4.36. The summed E-state index contributed by atoms with van der Waals surface area (Å²) < 4.78 is 11.0. The Hall–Kier alpha value is -0.480. The lowest BCUT2D eigenvalue weighted by molar-refractivity contribution is 0.0691. The van der Waals surface area contributed by atoms with Gasteiger partial charge in [0.2, 0.25) is 0 Å². The highest BCUT2D eigenvalue weighted by atomic mass is 35.5. The fourth-order valence-corrected chi connectivity index (χ4v) is 2.06. The minimum Gasteiger partial charge on any atom is -0.492 e. The first-order chi connectivity index (χ1) is 8.27. The van der Waals surface area contributed by atoms with Crippen LogP contribution >= 0.6 is 23.2 Å². The van der Waals surface area contributed by atoms with Gasteiger partial charge >= 0.3 is 0 Å². The number of hydrogen-bond acceptors (Lipinski definition) is 3. The van der Waals surface area contributed by atoms with Crippen molar-refractivity contribution in [2.24, 2.45) is 0 Å². The summed E-state index contributed by atoms with van der Waals surface area (Å²) in [5.74, 6) is 0.635. The Labute approximate surface area is 111 Å². The number of ether oxygens (including phenoxy) is 2. The first-order valence-corrected chi connectivity index (χ1v) is 6.41. The van der Waals surface area contributed by atoms with Gasteiger partial charge in [-0.25, -0.2) is 0 Å². The molecule has 0 spiro atoms. The van der Waals surface area contributed by atoms with Gasteiger partial charge in [-0.3, -0.25) is 0 Å². The fourth-order valence-electron chi connectivity index (χ4n) is 1.71. The van der Waals surface area contributed by atoms with Crippen molar-refractivity contribution in [3.63, 3.8) is 0 Å². The molecular weight excluding hydrogens is 261 g/mol. The van der Waals surface area contributed by atoms with Crippen LogP contribution in [0.1, 0.15) is 6.42 Å². The summed E-state index contributed by atoms with van der Waals surface area (Å²) in [5.41, 5.74) is 0. The number of nitrogens with one attached hydrogen (secondary N) is 1. The van der Waals surface area contributed by atoms with Crippen LogP contribution in [-0.4, -0.2) is 32.4 Å². The van der Waals surface area contributed by atoms with Crippen LogP contribution in [0, 0.1) is 0 Å². The van der Waals surface area contributed by atoms with E-state index in [0.717, 1.165) is 26.2 Å². The Kier molecular flexibility index (Phi) is 4.92. The zero-order valence-electron chi connectivity index (χ0n) is 9.42. The third kappa shape index (κ3) is 3.75. The predicted molar refractivity (Wildman–Crippen MR) is 69.2 cm³/mol. The summed E-state index contributed by atoms with van der Waals surface area (Å²) >= 11 is 11.9. The van der Waals surface area contributed by atoms with Crippen LogP contribution < -0.4 is 10.1 Å². The SMILES string of the molecule is Clc1cccc(OCCC2COCCN2)c1Cl. The van der Waals surface area contributed by atoms with Gasteiger partial charge in [0.1, 0.15) is 10.8 Å². The van der Waals surface area contributed by atoms with Crippen molar-refractivity contribution in [2.75, 3.05) is 26.4 Å². The van der Waals surface area contributed by atoms with Gasteiger partial charge < -0.3 is 14.8 Å². The molecule has 1 fully saturated rings. The lowest BCUT2D eigenvalue weighted by Gasteiger charge is -2.23. The molecule has 0 amide bonds. The molecule has 0 radical (unpaired) electrons. The second-order valence-electron chi connectivity index (χ2n) is 3.92. The summed E-state index contributed by atoms with van der Waals surface area (Å²) in [6, 6.07) is 5.75. The topological polar surface area (TPSA) is 30.5 Å². The van der Waals surface area contributed by atoms with Crippen molar-refractivity contribution in [3.8, 4) is 5.75 Å². The molecule has 5 heteroatoms. The molecule has 1 aliphatic rings. The highest BCUT2D eigenvalue weighted by molar-refractivity contribution is 6.42. The normalized spacial score (nSPS) is 20.2. The number of rotatable bonds is 4. The van der Waals surface area contributed by atoms with Gasteiger partial charge in [-0.2, -0.15) is 0 Å². The molecule has 1 saturated heterocycles. The highest BCUT2D eigenvalue weighted by Gasteiger charge is 2.13. The maximum absolute atomic E-state index is 6.02. The molecule has 0 bridgehead atoms. The Morgan fingerprint density at radius 3 is 3.06 bits per heavy atom. The van der Waals surface area contributed by atoms with Crippen molar-refractivity contribution in [2.45, 2.75) is 12.5 Å². The molecule has 0 saturated carbocycles. The zero-order chi connectivity index (χ0) is 12.1. The van der Waals surface area contributed by atoms with Crippen molar-refractivity contribution in [3.05, 3.63) is 28.2 Å². The van der Waals surface area contributed by atoms with Crippen molar-refractivity contribution >= 4 is 23.2 Å². The minimum absolute atomic E-state index is 0.363. The van der Waals surface area contributed by atoms with E-state index < -0.39 is 0 Å². The Bertz CT molecular complexity index is 368. The molecule has 1 aromatic carbocycles. The lowest BCUT2D eigenvalue weighted by atomic mass is 10.2. The maximum atomic E-state index is 6.02. The second-order valence-corrected chi connectivity index (χ2v) is 4.70. The number of morpholine rings is 1. The summed E-state index contributed by atoms with van der Waals surface area (Å²) in [7, 11) is 0. The van der Waals surface area contributed by atoms with Gasteiger partial charge in [0.05, 0.1) is 24.8 Å². The van der Waals surface area contributed by atoms with E-state index in [1.54, 1.807) is 6.07 Å². The van der Waals surface area contributed by atoms with Gasteiger partial charge in [-0.1, -0.05) is 29.3 Å². The molecule has 1 aliphatic heterocycles. The van der Waals surface area contributed by atoms with Gasteiger partial charge in [0.15, 0.2) is 0 Å². The van der Waals surface area contributed by atoms with Crippen LogP contribution in [-0.2, 0) is 4.74 Å². The van der Waals surface area contributed by atoms with E-state index in [2.05, 4.69) is 5.32 Å². The molecule has 0 aliphatic carbocycles. The molecule has 1 aromatic rings. The van der Waals surface area contributed by atoms with Gasteiger partial charge in [-0.05, 0) is 18.6 Å². The van der Waals surface area contributed by atoms with E-state index in [1.807, 2.05) is 12.1 Å². The van der Waals surface area contributed by atoms with Crippen LogP contribution in [0.5, 0.6) is 5.75 Å². The van der Waals surface area contributed by atoms with Crippen LogP contribution in [0.25, 0.3) is 0 Å². The van der Waals surface area contributed by atoms with E-state index in [1.165, 1.54) is 0 Å². The van der Waals surface area contributed by atoms with E-state index >= 15 is 0 Å². The standard InChI is InChI=1S/C12H15Cl2NO2/c13-10-2-1-3-11(12(10)14)17-6-4-9-8-16-7-5-15-9/h1-3,9,15H,4-8H2. The summed E-state index contributed by atoms with van der Waals surface area (Å²) in [6.45, 7) is 3.04. The first kappa shape index (κ1) is 13.0. The molecule has 1 atom stereocenters. The first-order valence-electron chi connectivity index (χ1n) is 5.65. The molecule has 2 rings (SSSR count). The van der Waals surface area contributed by atoms with E-state index in [4.69, 9.17) is 32.7 Å². The number of benzene rings is 1. The highest BCUT2D eigenvalue weighted by Crippen LogP contribution is 2.31. The third-order valence-corrected chi connectivity index (χ3v) is 3.44. The molecule has 94 valence electrons.